The Labute approximate surface area is 148 Å². The van der Waals surface area contributed by atoms with Gasteiger partial charge >= 0.3 is 0 Å². The molecule has 2 aromatic rings. The van der Waals surface area contributed by atoms with Crippen LogP contribution in [0, 0.1) is 5.92 Å². The largest absolute Gasteiger partial charge is 0.488 e. The van der Waals surface area contributed by atoms with Gasteiger partial charge in [-0.3, -0.25) is 4.79 Å². The summed E-state index contributed by atoms with van der Waals surface area (Å²) in [6.07, 6.45) is 4.32. The number of nitrogens with zero attached hydrogens (tertiary/aromatic N) is 1. The lowest BCUT2D eigenvalue weighted by Gasteiger charge is -2.19. The van der Waals surface area contributed by atoms with E-state index in [1.54, 1.807) is 6.07 Å². The minimum atomic E-state index is -0.227. The maximum atomic E-state index is 12.5. The lowest BCUT2D eigenvalue weighted by atomic mass is 9.89. The Balaban J connectivity index is 1.65. The molecule has 4 heteroatoms. The summed E-state index contributed by atoms with van der Waals surface area (Å²) in [5.74, 6) is 0.987. The van der Waals surface area contributed by atoms with Gasteiger partial charge in [-0.25, -0.2) is 5.43 Å². The monoisotopic (exact) mass is 336 g/mol. The SMILES string of the molecule is CC1CCCC(=NNC(=O)c2ccccc2OCc2ccccc2)C1. The molecule has 1 fully saturated rings. The summed E-state index contributed by atoms with van der Waals surface area (Å²) < 4.78 is 5.84. The molecule has 25 heavy (non-hydrogen) atoms. The van der Waals surface area contributed by atoms with Crippen molar-refractivity contribution in [2.75, 3.05) is 0 Å². The maximum absolute atomic E-state index is 12.5. The first kappa shape index (κ1) is 17.2. The van der Waals surface area contributed by atoms with Gasteiger partial charge in [-0.15, -0.1) is 0 Å². The summed E-state index contributed by atoms with van der Waals surface area (Å²) in [5, 5.41) is 4.33. The molecule has 1 saturated carbocycles. The number of ether oxygens (including phenoxy) is 1. The van der Waals surface area contributed by atoms with Crippen LogP contribution in [0.5, 0.6) is 5.75 Å². The Bertz CT molecular complexity index is 741. The van der Waals surface area contributed by atoms with E-state index in [0.717, 1.165) is 30.5 Å². The molecule has 1 aliphatic rings. The fourth-order valence-electron chi connectivity index (χ4n) is 3.07. The average molecular weight is 336 g/mol. The third-order valence-electron chi connectivity index (χ3n) is 4.43. The van der Waals surface area contributed by atoms with Gasteiger partial charge in [-0.05, 0) is 49.3 Å². The van der Waals surface area contributed by atoms with E-state index in [0.29, 0.717) is 23.8 Å². The van der Waals surface area contributed by atoms with E-state index < -0.39 is 0 Å². The molecule has 1 atom stereocenters. The fraction of sp³-hybridized carbons (Fsp3) is 0.333. The number of hydrogen-bond donors (Lipinski definition) is 1. The molecule has 0 bridgehead atoms. The number of carbonyl (C=O) groups is 1. The number of benzene rings is 2. The van der Waals surface area contributed by atoms with Crippen molar-refractivity contribution in [2.45, 2.75) is 39.2 Å². The molecule has 0 aromatic heterocycles. The first-order valence-corrected chi connectivity index (χ1v) is 8.84. The van der Waals surface area contributed by atoms with Gasteiger partial charge in [0.05, 0.1) is 5.56 Å². The van der Waals surface area contributed by atoms with Crippen molar-refractivity contribution in [3.05, 3.63) is 65.7 Å². The second-order valence-corrected chi connectivity index (χ2v) is 6.59. The molecule has 1 unspecified atom stereocenters. The van der Waals surface area contributed by atoms with E-state index in [1.165, 1.54) is 6.42 Å². The zero-order valence-electron chi connectivity index (χ0n) is 14.6. The molecule has 1 aliphatic carbocycles. The highest BCUT2D eigenvalue weighted by atomic mass is 16.5. The first-order chi connectivity index (χ1) is 12.2. The van der Waals surface area contributed by atoms with Crippen LogP contribution in [0.25, 0.3) is 0 Å². The maximum Gasteiger partial charge on any atom is 0.275 e. The third kappa shape index (κ3) is 4.92. The topological polar surface area (TPSA) is 50.7 Å². The van der Waals surface area contributed by atoms with E-state index >= 15 is 0 Å². The fourth-order valence-corrected chi connectivity index (χ4v) is 3.07. The summed E-state index contributed by atoms with van der Waals surface area (Å²) in [7, 11) is 0. The van der Waals surface area contributed by atoms with Gasteiger partial charge in [0.1, 0.15) is 12.4 Å². The zero-order chi connectivity index (χ0) is 17.5. The second-order valence-electron chi connectivity index (χ2n) is 6.59. The molecule has 0 saturated heterocycles. The number of rotatable bonds is 5. The van der Waals surface area contributed by atoms with Crippen LogP contribution >= 0.6 is 0 Å². The van der Waals surface area contributed by atoms with Gasteiger partial charge < -0.3 is 4.74 Å². The minimum absolute atomic E-state index is 0.227. The van der Waals surface area contributed by atoms with E-state index in [4.69, 9.17) is 4.74 Å². The minimum Gasteiger partial charge on any atom is -0.488 e. The summed E-state index contributed by atoms with van der Waals surface area (Å²) in [6, 6.07) is 17.2. The van der Waals surface area contributed by atoms with Crippen molar-refractivity contribution in [1.82, 2.24) is 5.43 Å². The van der Waals surface area contributed by atoms with Crippen molar-refractivity contribution >= 4 is 11.6 Å². The predicted octanol–water partition coefficient (Wildman–Crippen LogP) is 4.56. The molecule has 2 aromatic carbocycles. The molecule has 0 spiro atoms. The third-order valence-corrected chi connectivity index (χ3v) is 4.43. The lowest BCUT2D eigenvalue weighted by molar-refractivity contribution is 0.0950. The molecule has 3 rings (SSSR count). The second kappa shape index (κ2) is 8.47. The Morgan fingerprint density at radius 1 is 1.16 bits per heavy atom. The molecule has 130 valence electrons. The van der Waals surface area contributed by atoms with E-state index in [9.17, 15) is 4.79 Å². The van der Waals surface area contributed by atoms with Crippen molar-refractivity contribution in [3.8, 4) is 5.75 Å². The van der Waals surface area contributed by atoms with Crippen LogP contribution < -0.4 is 10.2 Å². The molecule has 0 aliphatic heterocycles. The highest BCUT2D eigenvalue weighted by Gasteiger charge is 2.16. The van der Waals surface area contributed by atoms with Gasteiger partial charge in [-0.1, -0.05) is 49.4 Å². The van der Waals surface area contributed by atoms with Gasteiger partial charge in [0.15, 0.2) is 0 Å². The quantitative estimate of drug-likeness (QED) is 0.814. The van der Waals surface area contributed by atoms with Crippen molar-refractivity contribution in [2.24, 2.45) is 11.0 Å². The molecular weight excluding hydrogens is 312 g/mol. The summed E-state index contributed by atoms with van der Waals surface area (Å²) >= 11 is 0. The Kier molecular flexibility index (Phi) is 5.83. The van der Waals surface area contributed by atoms with E-state index in [2.05, 4.69) is 17.5 Å². The summed E-state index contributed by atoms with van der Waals surface area (Å²) in [4.78, 5) is 12.5. The van der Waals surface area contributed by atoms with Crippen molar-refractivity contribution in [3.63, 3.8) is 0 Å². The van der Waals surface area contributed by atoms with Gasteiger partial charge in [0, 0.05) is 5.71 Å². The van der Waals surface area contributed by atoms with E-state index in [-0.39, 0.29) is 5.91 Å². The summed E-state index contributed by atoms with van der Waals surface area (Å²) in [6.45, 7) is 2.65. The number of nitrogens with one attached hydrogen (secondary N) is 1. The Morgan fingerprint density at radius 2 is 1.92 bits per heavy atom. The van der Waals surface area contributed by atoms with Crippen molar-refractivity contribution in [1.29, 1.82) is 0 Å². The van der Waals surface area contributed by atoms with E-state index in [1.807, 2.05) is 48.5 Å². The molecule has 0 heterocycles. The van der Waals surface area contributed by atoms with Crippen LogP contribution in [0.3, 0.4) is 0 Å². The standard InChI is InChI=1S/C21H24N2O2/c1-16-8-7-11-18(14-16)22-23-21(24)19-12-5-6-13-20(19)25-15-17-9-3-2-4-10-17/h2-6,9-10,12-13,16H,7-8,11,14-15H2,1H3,(H,23,24). The Hall–Kier alpha value is -2.62. The zero-order valence-corrected chi connectivity index (χ0v) is 14.6. The number of carbonyl (C=O) groups excluding carboxylic acids is 1. The number of hydrazone groups is 1. The van der Waals surface area contributed by atoms with Crippen LogP contribution in [0.4, 0.5) is 0 Å². The smallest absolute Gasteiger partial charge is 0.275 e. The summed E-state index contributed by atoms with van der Waals surface area (Å²) in [5.41, 5.74) is 5.35. The molecule has 1 N–H and O–H groups in total. The van der Waals surface area contributed by atoms with Crippen molar-refractivity contribution < 1.29 is 9.53 Å². The van der Waals surface area contributed by atoms with Gasteiger partial charge in [0.2, 0.25) is 0 Å². The number of hydrogen-bond acceptors (Lipinski definition) is 3. The van der Waals surface area contributed by atoms with Gasteiger partial charge in [0.25, 0.3) is 5.91 Å². The highest BCUT2D eigenvalue weighted by molar-refractivity contribution is 5.97. The number of para-hydroxylation sites is 1. The highest BCUT2D eigenvalue weighted by Crippen LogP contribution is 2.22. The van der Waals surface area contributed by atoms with Crippen LogP contribution in [0.15, 0.2) is 59.7 Å². The first-order valence-electron chi connectivity index (χ1n) is 8.84. The normalized spacial score (nSPS) is 18.8. The Morgan fingerprint density at radius 3 is 2.72 bits per heavy atom. The average Bonchev–Trinajstić information content (AvgIpc) is 2.65. The molecule has 4 nitrogen and oxygen atoms in total. The number of amides is 1. The van der Waals surface area contributed by atoms with Crippen LogP contribution in [-0.4, -0.2) is 11.6 Å². The van der Waals surface area contributed by atoms with Crippen LogP contribution in [0.2, 0.25) is 0 Å². The predicted molar refractivity (Wildman–Crippen MR) is 99.7 cm³/mol. The van der Waals surface area contributed by atoms with Crippen LogP contribution in [-0.2, 0) is 6.61 Å². The molecule has 0 radical (unpaired) electrons. The molecule has 1 amide bonds. The van der Waals surface area contributed by atoms with Crippen LogP contribution in [0.1, 0.15) is 48.5 Å². The van der Waals surface area contributed by atoms with Gasteiger partial charge in [-0.2, -0.15) is 5.10 Å². The molecular formula is C21H24N2O2. The lowest BCUT2D eigenvalue weighted by Crippen LogP contribution is -2.22.